The minimum atomic E-state index is -0.629. The van der Waals surface area contributed by atoms with Gasteiger partial charge < -0.3 is 8.83 Å². The Bertz CT molecular complexity index is 3760. The Kier molecular flexibility index (Phi) is 4.04. The molecule has 7 aromatic carbocycles. The lowest BCUT2D eigenvalue weighted by atomic mass is 9.99. The Morgan fingerprint density at radius 3 is 2.12 bits per heavy atom. The zero-order valence-electron chi connectivity index (χ0n) is 37.3. The normalized spacial score (nSPS) is 14.9. The van der Waals surface area contributed by atoms with Gasteiger partial charge in [-0.25, -0.2) is 4.98 Å². The number of nitrogens with zero attached hydrogens (tertiary/aromatic N) is 4. The summed E-state index contributed by atoms with van der Waals surface area (Å²) in [5.74, 6) is -0.786. The fourth-order valence-corrected chi connectivity index (χ4v) is 6.83. The van der Waals surface area contributed by atoms with E-state index in [1.807, 2.05) is 60.7 Å². The van der Waals surface area contributed by atoms with Crippen molar-refractivity contribution in [3.05, 3.63) is 157 Å². The van der Waals surface area contributed by atoms with Gasteiger partial charge in [0.1, 0.15) is 22.3 Å². The van der Waals surface area contributed by atoms with Crippen molar-refractivity contribution in [2.24, 2.45) is 0 Å². The Balaban J connectivity index is 1.26. The number of furan rings is 2. The molecular weight excluding hydrogens is 629 g/mol. The highest BCUT2D eigenvalue weighted by Crippen LogP contribution is 2.40. The van der Waals surface area contributed by atoms with Crippen LogP contribution >= 0.6 is 0 Å². The van der Waals surface area contributed by atoms with Crippen LogP contribution < -0.4 is 0 Å². The molecule has 0 N–H and O–H groups in total. The molecule has 51 heavy (non-hydrogen) atoms. The first-order chi connectivity index (χ1) is 29.8. The molecule has 4 heterocycles. The molecule has 0 aliphatic rings. The molecule has 0 bridgehead atoms. The Morgan fingerprint density at radius 2 is 1.24 bits per heavy atom. The molecule has 11 rings (SSSR count). The van der Waals surface area contributed by atoms with Gasteiger partial charge in [-0.05, 0) is 47.5 Å². The summed E-state index contributed by atoms with van der Waals surface area (Å²) < 4.78 is 112. The monoisotopic (exact) mass is 665 g/mol. The average Bonchev–Trinajstić information content (AvgIpc) is 3.96. The maximum atomic E-state index is 9.58. The van der Waals surface area contributed by atoms with Crippen molar-refractivity contribution in [2.75, 3.05) is 0 Å². The summed E-state index contributed by atoms with van der Waals surface area (Å²) in [6.07, 6.45) is 0. The predicted octanol–water partition coefficient (Wildman–Crippen LogP) is 11.8. The molecule has 0 saturated heterocycles. The second-order valence-corrected chi connectivity index (χ2v) is 12.0. The molecule has 0 unspecified atom stereocenters. The lowest BCUT2D eigenvalue weighted by Crippen LogP contribution is -2.06. The largest absolute Gasteiger partial charge is 0.456 e. The van der Waals surface area contributed by atoms with Crippen LogP contribution in [0, 0.1) is 0 Å². The van der Waals surface area contributed by atoms with Gasteiger partial charge >= 0.3 is 0 Å². The zero-order chi connectivity index (χ0) is 43.0. The highest BCUT2D eigenvalue weighted by atomic mass is 16.3. The molecule has 0 aliphatic carbocycles. The van der Waals surface area contributed by atoms with Gasteiger partial charge in [-0.3, -0.25) is 4.57 Å². The van der Waals surface area contributed by atoms with Crippen molar-refractivity contribution < 1.29 is 23.9 Å². The van der Waals surface area contributed by atoms with Crippen LogP contribution in [0.5, 0.6) is 0 Å². The summed E-state index contributed by atoms with van der Waals surface area (Å²) >= 11 is 0. The quantitative estimate of drug-likeness (QED) is 0.187. The highest BCUT2D eigenvalue weighted by Gasteiger charge is 2.21. The SMILES string of the molecule is [2H]c1c([2H])c([2H])c(-c2nc(-c3c([2H])c([2H])c4c(oc5c([2H])c([2H])c([2H])c(-c6ccccc6)c54)c3[2H])nc(-n3c4ccccc4c4cc5c(cc43)oc3ccccc35)n2)c([2H])c1[2H]. The van der Waals surface area contributed by atoms with Crippen LogP contribution in [0.4, 0.5) is 0 Å². The van der Waals surface area contributed by atoms with Crippen molar-refractivity contribution in [1.29, 1.82) is 0 Å². The van der Waals surface area contributed by atoms with E-state index in [1.54, 1.807) is 34.9 Å². The number of hydrogen-bond acceptors (Lipinski definition) is 5. The highest BCUT2D eigenvalue weighted by molar-refractivity contribution is 6.17. The van der Waals surface area contributed by atoms with Crippen molar-refractivity contribution in [1.82, 2.24) is 19.5 Å². The van der Waals surface area contributed by atoms with E-state index in [2.05, 4.69) is 4.98 Å². The maximum absolute atomic E-state index is 9.58. The molecule has 238 valence electrons. The Hall–Kier alpha value is -7.05. The molecule has 6 heteroatoms. The van der Waals surface area contributed by atoms with Gasteiger partial charge in [0.15, 0.2) is 11.6 Å². The number of para-hydroxylation sites is 2. The zero-order valence-corrected chi connectivity index (χ0v) is 26.3. The van der Waals surface area contributed by atoms with Crippen LogP contribution in [0.15, 0.2) is 166 Å². The first kappa shape index (κ1) is 19.2. The predicted molar refractivity (Wildman–Crippen MR) is 205 cm³/mol. The third kappa shape index (κ3) is 4.26. The van der Waals surface area contributed by atoms with E-state index in [0.717, 1.165) is 21.5 Å². The lowest BCUT2D eigenvalue weighted by molar-refractivity contribution is 0.668. The number of rotatable bonds is 4. The topological polar surface area (TPSA) is 69.9 Å². The first-order valence-corrected chi connectivity index (χ1v) is 16.0. The molecule has 0 fully saturated rings. The van der Waals surface area contributed by atoms with Gasteiger partial charge in [-0.15, -0.1) is 0 Å². The van der Waals surface area contributed by atoms with Gasteiger partial charge in [0.05, 0.1) is 26.1 Å². The molecule has 0 amide bonds. The van der Waals surface area contributed by atoms with Crippen molar-refractivity contribution in [3.63, 3.8) is 0 Å². The minimum Gasteiger partial charge on any atom is -0.456 e. The van der Waals surface area contributed by atoms with E-state index in [9.17, 15) is 4.11 Å². The number of fused-ring (bicyclic) bond motifs is 9. The molecule has 0 aliphatic heterocycles. The minimum absolute atomic E-state index is 0.0167. The van der Waals surface area contributed by atoms with Crippen LogP contribution in [0.2, 0.25) is 0 Å². The molecular formula is C45H26N4O2. The summed E-state index contributed by atoms with van der Waals surface area (Å²) in [6.45, 7) is 0. The summed E-state index contributed by atoms with van der Waals surface area (Å²) in [6, 6.07) is 22.1. The van der Waals surface area contributed by atoms with Gasteiger partial charge in [0.25, 0.3) is 0 Å². The van der Waals surface area contributed by atoms with Crippen LogP contribution in [-0.2, 0) is 0 Å². The fraction of sp³-hybridized carbons (Fsp3) is 0. The number of aromatic nitrogens is 4. The molecule has 6 nitrogen and oxygen atoms in total. The molecule has 11 aromatic rings. The van der Waals surface area contributed by atoms with Crippen LogP contribution in [0.25, 0.3) is 106 Å². The fourth-order valence-electron chi connectivity index (χ4n) is 6.83. The van der Waals surface area contributed by atoms with Crippen molar-refractivity contribution >= 4 is 65.7 Å². The third-order valence-corrected chi connectivity index (χ3v) is 9.08. The first-order valence-electron chi connectivity index (χ1n) is 21.5. The summed E-state index contributed by atoms with van der Waals surface area (Å²) in [4.78, 5) is 14.2. The summed E-state index contributed by atoms with van der Waals surface area (Å²) in [5, 5.41) is 3.51. The van der Waals surface area contributed by atoms with E-state index in [-0.39, 0.29) is 62.3 Å². The smallest absolute Gasteiger partial charge is 0.238 e. The maximum Gasteiger partial charge on any atom is 0.238 e. The molecule has 0 radical (unpaired) electrons. The molecule has 0 saturated carbocycles. The van der Waals surface area contributed by atoms with Crippen LogP contribution in [0.3, 0.4) is 0 Å². The standard InChI is InChI=1S/C45H26N4O2/c1-3-12-27(13-4-1)30-18-11-21-39-42(30)33-23-22-29(24-40(33)51-39)44-46-43(28-14-5-2-6-15-28)47-45(48-44)49-36-19-9-7-16-31(36)34-25-35-32-17-8-10-20-38(32)50-41(35)26-37(34)49/h1-26H/i2D,5D,6D,11D,14D,15D,18D,21D,22D,23D,24D. The Labute approximate surface area is 306 Å². The second kappa shape index (κ2) is 10.7. The molecule has 4 aromatic heterocycles. The van der Waals surface area contributed by atoms with Gasteiger partial charge in [0.2, 0.25) is 5.95 Å². The van der Waals surface area contributed by atoms with Crippen LogP contribution in [0.1, 0.15) is 15.1 Å². The van der Waals surface area contributed by atoms with E-state index in [0.29, 0.717) is 27.8 Å². The molecule has 0 spiro atoms. The van der Waals surface area contributed by atoms with Gasteiger partial charge in [-0.1, -0.05) is 115 Å². The van der Waals surface area contributed by atoms with Gasteiger partial charge in [0, 0.05) is 49.5 Å². The number of hydrogen-bond donors (Lipinski definition) is 0. The third-order valence-electron chi connectivity index (χ3n) is 9.08. The van der Waals surface area contributed by atoms with Gasteiger partial charge in [-0.2, -0.15) is 9.97 Å². The summed E-state index contributed by atoms with van der Waals surface area (Å²) in [7, 11) is 0. The van der Waals surface area contributed by atoms with E-state index in [1.165, 1.54) is 0 Å². The number of benzene rings is 7. The van der Waals surface area contributed by atoms with Crippen molar-refractivity contribution in [3.8, 4) is 39.9 Å². The summed E-state index contributed by atoms with van der Waals surface area (Å²) in [5.41, 5.74) is 2.16. The van der Waals surface area contributed by atoms with E-state index in [4.69, 9.17) is 29.8 Å². The van der Waals surface area contributed by atoms with E-state index < -0.39 is 60.4 Å². The van der Waals surface area contributed by atoms with E-state index >= 15 is 0 Å². The van der Waals surface area contributed by atoms with Crippen molar-refractivity contribution in [2.45, 2.75) is 0 Å². The Morgan fingerprint density at radius 1 is 0.471 bits per heavy atom. The second-order valence-electron chi connectivity index (χ2n) is 12.0. The average molecular weight is 666 g/mol. The molecule has 0 atom stereocenters. The van der Waals surface area contributed by atoms with Crippen LogP contribution in [-0.4, -0.2) is 19.5 Å². The lowest BCUT2D eigenvalue weighted by Gasteiger charge is -2.11.